The summed E-state index contributed by atoms with van der Waals surface area (Å²) in [6, 6.07) is 6.78. The number of anilines is 1. The Bertz CT molecular complexity index is 528. The third-order valence-electron chi connectivity index (χ3n) is 2.34. The van der Waals surface area contributed by atoms with E-state index in [1.54, 1.807) is 18.2 Å². The van der Waals surface area contributed by atoms with Crippen LogP contribution in [0.1, 0.15) is 25.3 Å². The molecule has 0 saturated carbocycles. The summed E-state index contributed by atoms with van der Waals surface area (Å²) in [5.74, 6) is -0.105. The third kappa shape index (κ3) is 3.22. The molecule has 0 radical (unpaired) electrons. The molecule has 0 aliphatic rings. The fraction of sp³-hybridized carbons (Fsp3) is 0.250. The highest BCUT2D eigenvalue weighted by atomic mass is 16.3. The van der Waals surface area contributed by atoms with Crippen LogP contribution in [0.15, 0.2) is 23.3 Å². The Morgan fingerprint density at radius 3 is 2.72 bits per heavy atom. The average molecular weight is 245 g/mol. The molecule has 6 nitrogen and oxygen atoms in total. The van der Waals surface area contributed by atoms with Crippen LogP contribution in [-0.2, 0) is 0 Å². The van der Waals surface area contributed by atoms with Gasteiger partial charge in [0.1, 0.15) is 11.8 Å². The van der Waals surface area contributed by atoms with E-state index in [1.807, 2.05) is 19.9 Å². The summed E-state index contributed by atoms with van der Waals surface area (Å²) in [7, 11) is 0. The number of hydrazone groups is 1. The molecule has 0 fully saturated rings. The van der Waals surface area contributed by atoms with E-state index in [4.69, 9.17) is 16.4 Å². The number of nitrogens with zero attached hydrogens (tertiary/aromatic N) is 2. The molecule has 0 amide bonds. The number of rotatable bonds is 4. The highest BCUT2D eigenvalue weighted by Gasteiger charge is 2.06. The molecule has 6 heteroatoms. The number of amidine groups is 1. The van der Waals surface area contributed by atoms with Crippen LogP contribution >= 0.6 is 0 Å². The Labute approximate surface area is 105 Å². The van der Waals surface area contributed by atoms with Gasteiger partial charge in [0.2, 0.25) is 5.71 Å². The van der Waals surface area contributed by atoms with Gasteiger partial charge in [-0.05, 0) is 23.6 Å². The van der Waals surface area contributed by atoms with Crippen molar-refractivity contribution in [2.75, 3.05) is 5.43 Å². The van der Waals surface area contributed by atoms with Gasteiger partial charge in [-0.3, -0.25) is 10.8 Å². The first-order valence-corrected chi connectivity index (χ1v) is 5.36. The lowest BCUT2D eigenvalue weighted by Gasteiger charge is -2.09. The lowest BCUT2D eigenvalue weighted by Crippen LogP contribution is -2.21. The van der Waals surface area contributed by atoms with E-state index in [0.717, 1.165) is 5.56 Å². The standard InChI is InChI=1S/C12H15N5O/c1-7(2)8-3-4-11(18)9(5-8)16-17-10(6-13)12(14)15/h3-5,7,16,18H,1-2H3,(H3,14,15)/b17-10+. The predicted molar refractivity (Wildman–Crippen MR) is 70.8 cm³/mol. The first kappa shape index (κ1) is 13.5. The van der Waals surface area contributed by atoms with E-state index in [0.29, 0.717) is 11.6 Å². The maximum atomic E-state index is 9.64. The summed E-state index contributed by atoms with van der Waals surface area (Å²) in [5.41, 5.74) is 8.85. The number of hydrogen-bond acceptors (Lipinski definition) is 5. The van der Waals surface area contributed by atoms with Crippen molar-refractivity contribution in [1.29, 1.82) is 10.7 Å². The van der Waals surface area contributed by atoms with Gasteiger partial charge in [0.05, 0.1) is 5.69 Å². The van der Waals surface area contributed by atoms with Crippen molar-refractivity contribution >= 4 is 17.2 Å². The van der Waals surface area contributed by atoms with Gasteiger partial charge in [-0.25, -0.2) is 0 Å². The summed E-state index contributed by atoms with van der Waals surface area (Å²) in [6.45, 7) is 4.05. The van der Waals surface area contributed by atoms with Gasteiger partial charge in [0.25, 0.3) is 0 Å². The van der Waals surface area contributed by atoms with Crippen LogP contribution in [0.4, 0.5) is 5.69 Å². The topological polar surface area (TPSA) is 118 Å². The molecule has 94 valence electrons. The minimum absolute atomic E-state index is 0.0176. The highest BCUT2D eigenvalue weighted by Crippen LogP contribution is 2.27. The Hall–Kier alpha value is -2.55. The molecule has 0 saturated heterocycles. The van der Waals surface area contributed by atoms with Crippen molar-refractivity contribution in [2.45, 2.75) is 19.8 Å². The zero-order valence-electron chi connectivity index (χ0n) is 10.2. The lowest BCUT2D eigenvalue weighted by atomic mass is 10.0. The number of phenols is 1. The predicted octanol–water partition coefficient (Wildman–Crippen LogP) is 1.74. The first-order valence-electron chi connectivity index (χ1n) is 5.36. The van der Waals surface area contributed by atoms with Gasteiger partial charge in [0.15, 0.2) is 5.84 Å². The van der Waals surface area contributed by atoms with Crippen molar-refractivity contribution in [1.82, 2.24) is 0 Å². The van der Waals surface area contributed by atoms with E-state index in [1.165, 1.54) is 0 Å². The summed E-state index contributed by atoms with van der Waals surface area (Å²) in [4.78, 5) is 0. The fourth-order valence-corrected chi connectivity index (χ4v) is 1.26. The zero-order valence-corrected chi connectivity index (χ0v) is 10.2. The molecule has 0 atom stereocenters. The van der Waals surface area contributed by atoms with E-state index >= 15 is 0 Å². The smallest absolute Gasteiger partial charge is 0.201 e. The van der Waals surface area contributed by atoms with Crippen molar-refractivity contribution < 1.29 is 5.11 Å². The first-order chi connectivity index (χ1) is 8.45. The monoisotopic (exact) mass is 245 g/mol. The van der Waals surface area contributed by atoms with Crippen LogP contribution in [0.25, 0.3) is 0 Å². The van der Waals surface area contributed by atoms with Crippen LogP contribution in [0.5, 0.6) is 5.75 Å². The summed E-state index contributed by atoms with van der Waals surface area (Å²) >= 11 is 0. The number of benzene rings is 1. The molecule has 1 rings (SSSR count). The average Bonchev–Trinajstić information content (AvgIpc) is 2.31. The number of hydrogen-bond donors (Lipinski definition) is 4. The highest BCUT2D eigenvalue weighted by molar-refractivity contribution is 6.45. The molecule has 0 aromatic heterocycles. The molecule has 0 bridgehead atoms. The quantitative estimate of drug-likeness (QED) is 0.279. The van der Waals surface area contributed by atoms with E-state index < -0.39 is 5.84 Å². The Morgan fingerprint density at radius 2 is 2.22 bits per heavy atom. The van der Waals surface area contributed by atoms with Crippen molar-refractivity contribution in [3.05, 3.63) is 23.8 Å². The number of nitrogens with two attached hydrogens (primary N) is 1. The van der Waals surface area contributed by atoms with Crippen LogP contribution in [0.3, 0.4) is 0 Å². The minimum atomic E-state index is -0.426. The lowest BCUT2D eigenvalue weighted by molar-refractivity contribution is 0.477. The molecule has 18 heavy (non-hydrogen) atoms. The number of phenolic OH excluding ortho intramolecular Hbond substituents is 1. The summed E-state index contributed by atoms with van der Waals surface area (Å²) in [6.07, 6.45) is 0. The fourth-order valence-electron chi connectivity index (χ4n) is 1.26. The molecule has 0 spiro atoms. The SMILES string of the molecule is CC(C)c1ccc(O)c(N/N=C(\C#N)C(=N)N)c1. The molecular weight excluding hydrogens is 230 g/mol. The van der Waals surface area contributed by atoms with Crippen molar-refractivity contribution in [3.8, 4) is 11.8 Å². The molecule has 0 unspecified atom stereocenters. The largest absolute Gasteiger partial charge is 0.506 e. The molecule has 0 aliphatic heterocycles. The second-order valence-corrected chi connectivity index (χ2v) is 4.03. The molecule has 1 aromatic rings. The third-order valence-corrected chi connectivity index (χ3v) is 2.34. The molecule has 1 aromatic carbocycles. The van der Waals surface area contributed by atoms with Gasteiger partial charge in [-0.2, -0.15) is 10.4 Å². The minimum Gasteiger partial charge on any atom is -0.506 e. The second kappa shape index (κ2) is 5.68. The Kier molecular flexibility index (Phi) is 4.27. The van der Waals surface area contributed by atoms with Crippen LogP contribution in [0.2, 0.25) is 0 Å². The van der Waals surface area contributed by atoms with Gasteiger partial charge in [-0.1, -0.05) is 19.9 Å². The number of nitriles is 1. The summed E-state index contributed by atoms with van der Waals surface area (Å²) < 4.78 is 0. The molecule has 0 aliphatic carbocycles. The Balaban J connectivity index is 3.01. The van der Waals surface area contributed by atoms with E-state index in [2.05, 4.69) is 10.5 Å². The van der Waals surface area contributed by atoms with Gasteiger partial charge < -0.3 is 10.8 Å². The number of aromatic hydroxyl groups is 1. The molecule has 0 heterocycles. The molecular formula is C12H15N5O. The van der Waals surface area contributed by atoms with Crippen LogP contribution in [-0.4, -0.2) is 16.7 Å². The van der Waals surface area contributed by atoms with E-state index in [9.17, 15) is 5.11 Å². The van der Waals surface area contributed by atoms with Gasteiger partial charge in [-0.15, -0.1) is 0 Å². The normalized spacial score (nSPS) is 11.1. The van der Waals surface area contributed by atoms with Gasteiger partial charge >= 0.3 is 0 Å². The maximum absolute atomic E-state index is 9.64. The molecule has 5 N–H and O–H groups in total. The van der Waals surface area contributed by atoms with Gasteiger partial charge in [0, 0.05) is 0 Å². The number of nitrogens with one attached hydrogen (secondary N) is 2. The Morgan fingerprint density at radius 1 is 1.56 bits per heavy atom. The zero-order chi connectivity index (χ0) is 13.7. The van der Waals surface area contributed by atoms with Crippen LogP contribution in [0, 0.1) is 16.7 Å². The van der Waals surface area contributed by atoms with Crippen LogP contribution < -0.4 is 11.2 Å². The van der Waals surface area contributed by atoms with E-state index in [-0.39, 0.29) is 11.5 Å². The summed E-state index contributed by atoms with van der Waals surface area (Å²) in [5, 5.41) is 29.1. The second-order valence-electron chi connectivity index (χ2n) is 4.03. The van der Waals surface area contributed by atoms with Crippen molar-refractivity contribution in [2.24, 2.45) is 10.8 Å². The maximum Gasteiger partial charge on any atom is 0.201 e. The van der Waals surface area contributed by atoms with Crippen molar-refractivity contribution in [3.63, 3.8) is 0 Å².